The summed E-state index contributed by atoms with van der Waals surface area (Å²) in [5, 5.41) is 0. The normalized spacial score (nSPS) is 18.9. The molecule has 0 bridgehead atoms. The number of likely N-dealkylation sites (tertiary alicyclic amines) is 1. The summed E-state index contributed by atoms with van der Waals surface area (Å²) < 4.78 is 5.20. The fourth-order valence-corrected chi connectivity index (χ4v) is 3.34. The molecule has 118 valence electrons. The summed E-state index contributed by atoms with van der Waals surface area (Å²) in [6.45, 7) is 3.74. The predicted octanol–water partition coefficient (Wildman–Crippen LogP) is 2.56. The van der Waals surface area contributed by atoms with E-state index < -0.39 is 0 Å². The first-order chi connectivity index (χ1) is 11.3. The van der Waals surface area contributed by atoms with E-state index in [0.29, 0.717) is 11.8 Å². The fourth-order valence-electron chi connectivity index (χ4n) is 3.34. The molecule has 4 rings (SSSR count). The van der Waals surface area contributed by atoms with Gasteiger partial charge in [-0.25, -0.2) is 0 Å². The van der Waals surface area contributed by atoms with Gasteiger partial charge in [-0.3, -0.25) is 9.69 Å². The van der Waals surface area contributed by atoms with Crippen molar-refractivity contribution >= 4 is 12.0 Å². The van der Waals surface area contributed by atoms with Gasteiger partial charge in [0.25, 0.3) is 0 Å². The molecule has 1 amide bonds. The standard InChI is InChI=1S/C19H20N2O2/c22-19(8-7-18-6-3-11-23-18)21-13-17(14-21)20-10-9-15-4-1-2-5-16(15)12-20/h1-8,11,17H,9-10,12-14H2/b8-7+. The maximum absolute atomic E-state index is 12.1. The highest BCUT2D eigenvalue weighted by atomic mass is 16.3. The van der Waals surface area contributed by atoms with Crippen molar-refractivity contribution in [2.24, 2.45) is 0 Å². The van der Waals surface area contributed by atoms with Crippen molar-refractivity contribution in [2.75, 3.05) is 19.6 Å². The quantitative estimate of drug-likeness (QED) is 0.818. The second-order valence-corrected chi connectivity index (χ2v) is 6.23. The summed E-state index contributed by atoms with van der Waals surface area (Å²) in [5.74, 6) is 0.776. The van der Waals surface area contributed by atoms with Crippen LogP contribution in [0.1, 0.15) is 16.9 Å². The minimum absolute atomic E-state index is 0.0649. The number of hydrogen-bond donors (Lipinski definition) is 0. The van der Waals surface area contributed by atoms with Crippen molar-refractivity contribution in [1.29, 1.82) is 0 Å². The van der Waals surface area contributed by atoms with Gasteiger partial charge in [0.15, 0.2) is 0 Å². The molecule has 2 aliphatic heterocycles. The van der Waals surface area contributed by atoms with E-state index in [1.54, 1.807) is 18.4 Å². The molecule has 1 fully saturated rings. The van der Waals surface area contributed by atoms with Crippen LogP contribution in [0.2, 0.25) is 0 Å². The van der Waals surface area contributed by atoms with Crippen molar-refractivity contribution in [3.63, 3.8) is 0 Å². The van der Waals surface area contributed by atoms with Gasteiger partial charge in [0.05, 0.1) is 6.26 Å². The first kappa shape index (κ1) is 14.3. The summed E-state index contributed by atoms with van der Waals surface area (Å²) in [6.07, 6.45) is 6.05. The van der Waals surface area contributed by atoms with Crippen LogP contribution in [-0.2, 0) is 17.8 Å². The van der Waals surface area contributed by atoms with Gasteiger partial charge in [0, 0.05) is 38.3 Å². The second kappa shape index (κ2) is 6.05. The lowest BCUT2D eigenvalue weighted by molar-refractivity contribution is -0.133. The SMILES string of the molecule is O=C(/C=C/c1ccco1)N1CC(N2CCc3ccccc3C2)C1. The number of carbonyl (C=O) groups is 1. The Morgan fingerprint density at radius 2 is 1.96 bits per heavy atom. The summed E-state index contributed by atoms with van der Waals surface area (Å²) in [7, 11) is 0. The maximum Gasteiger partial charge on any atom is 0.246 e. The lowest BCUT2D eigenvalue weighted by atomic mass is 9.96. The van der Waals surface area contributed by atoms with E-state index >= 15 is 0 Å². The van der Waals surface area contributed by atoms with Crippen molar-refractivity contribution in [3.05, 3.63) is 65.6 Å². The molecular weight excluding hydrogens is 288 g/mol. The number of fused-ring (bicyclic) bond motifs is 1. The van der Waals surface area contributed by atoms with Crippen LogP contribution in [0.3, 0.4) is 0 Å². The van der Waals surface area contributed by atoms with E-state index in [4.69, 9.17) is 4.42 Å². The number of benzene rings is 1. The zero-order chi connectivity index (χ0) is 15.6. The molecule has 0 N–H and O–H groups in total. The monoisotopic (exact) mass is 308 g/mol. The molecule has 1 saturated heterocycles. The number of nitrogens with zero attached hydrogens (tertiary/aromatic N) is 2. The Kier molecular flexibility index (Phi) is 3.75. The van der Waals surface area contributed by atoms with Gasteiger partial charge < -0.3 is 9.32 Å². The molecule has 2 aromatic rings. The van der Waals surface area contributed by atoms with Gasteiger partial charge >= 0.3 is 0 Å². The Morgan fingerprint density at radius 3 is 2.74 bits per heavy atom. The van der Waals surface area contributed by atoms with E-state index in [1.807, 2.05) is 17.0 Å². The number of hydrogen-bond acceptors (Lipinski definition) is 3. The smallest absolute Gasteiger partial charge is 0.246 e. The lowest BCUT2D eigenvalue weighted by Crippen LogP contribution is -2.61. The van der Waals surface area contributed by atoms with Crippen LogP contribution in [0, 0.1) is 0 Å². The minimum atomic E-state index is 0.0649. The molecule has 4 nitrogen and oxygen atoms in total. The Hall–Kier alpha value is -2.33. The fraction of sp³-hybridized carbons (Fsp3) is 0.316. The maximum atomic E-state index is 12.1. The molecule has 23 heavy (non-hydrogen) atoms. The highest BCUT2D eigenvalue weighted by Gasteiger charge is 2.35. The molecule has 4 heteroatoms. The van der Waals surface area contributed by atoms with Crippen molar-refractivity contribution in [3.8, 4) is 0 Å². The predicted molar refractivity (Wildman–Crippen MR) is 88.7 cm³/mol. The van der Waals surface area contributed by atoms with Crippen LogP contribution in [0.5, 0.6) is 0 Å². The Labute approximate surface area is 136 Å². The van der Waals surface area contributed by atoms with Gasteiger partial charge in [-0.15, -0.1) is 0 Å². The summed E-state index contributed by atoms with van der Waals surface area (Å²) in [5.41, 5.74) is 2.90. The van der Waals surface area contributed by atoms with Gasteiger partial charge in [0.1, 0.15) is 5.76 Å². The van der Waals surface area contributed by atoms with Crippen LogP contribution < -0.4 is 0 Å². The molecule has 2 aliphatic rings. The molecule has 1 aromatic carbocycles. The van der Waals surface area contributed by atoms with Crippen LogP contribution in [0.4, 0.5) is 0 Å². The third-order valence-electron chi connectivity index (χ3n) is 4.78. The first-order valence-corrected chi connectivity index (χ1v) is 8.11. The Balaban J connectivity index is 1.31. The van der Waals surface area contributed by atoms with Crippen LogP contribution in [0.25, 0.3) is 6.08 Å². The average molecular weight is 308 g/mol. The number of carbonyl (C=O) groups excluding carboxylic acids is 1. The topological polar surface area (TPSA) is 36.7 Å². The molecule has 1 aromatic heterocycles. The summed E-state index contributed by atoms with van der Waals surface area (Å²) in [6, 6.07) is 12.8. The van der Waals surface area contributed by atoms with E-state index in [9.17, 15) is 4.79 Å². The van der Waals surface area contributed by atoms with Gasteiger partial charge in [-0.05, 0) is 35.8 Å². The van der Waals surface area contributed by atoms with E-state index in [2.05, 4.69) is 29.2 Å². The number of amides is 1. The zero-order valence-electron chi connectivity index (χ0n) is 13.0. The third-order valence-corrected chi connectivity index (χ3v) is 4.78. The van der Waals surface area contributed by atoms with E-state index in [0.717, 1.165) is 32.6 Å². The Bertz CT molecular complexity index is 715. The molecule has 3 heterocycles. The highest BCUT2D eigenvalue weighted by Crippen LogP contribution is 2.24. The molecule has 0 spiro atoms. The first-order valence-electron chi connectivity index (χ1n) is 8.11. The van der Waals surface area contributed by atoms with Gasteiger partial charge in [0.2, 0.25) is 5.91 Å². The second-order valence-electron chi connectivity index (χ2n) is 6.23. The van der Waals surface area contributed by atoms with Gasteiger partial charge in [-0.2, -0.15) is 0 Å². The zero-order valence-corrected chi connectivity index (χ0v) is 13.0. The summed E-state index contributed by atoms with van der Waals surface area (Å²) in [4.78, 5) is 16.5. The summed E-state index contributed by atoms with van der Waals surface area (Å²) >= 11 is 0. The lowest BCUT2D eigenvalue weighted by Gasteiger charge is -2.46. The highest BCUT2D eigenvalue weighted by molar-refractivity contribution is 5.92. The van der Waals surface area contributed by atoms with Crippen LogP contribution in [0.15, 0.2) is 53.2 Å². The van der Waals surface area contributed by atoms with Crippen molar-refractivity contribution in [1.82, 2.24) is 9.80 Å². The molecule has 0 aliphatic carbocycles. The van der Waals surface area contributed by atoms with E-state index in [1.165, 1.54) is 11.1 Å². The molecule has 0 radical (unpaired) electrons. The Morgan fingerprint density at radius 1 is 1.13 bits per heavy atom. The van der Waals surface area contributed by atoms with Crippen LogP contribution in [-0.4, -0.2) is 41.4 Å². The average Bonchev–Trinajstić information content (AvgIpc) is 3.05. The number of rotatable bonds is 3. The van der Waals surface area contributed by atoms with Crippen molar-refractivity contribution in [2.45, 2.75) is 19.0 Å². The molecule has 0 saturated carbocycles. The van der Waals surface area contributed by atoms with Crippen LogP contribution >= 0.6 is 0 Å². The van der Waals surface area contributed by atoms with Crippen molar-refractivity contribution < 1.29 is 9.21 Å². The molecule has 0 atom stereocenters. The third kappa shape index (κ3) is 2.94. The molecule has 0 unspecified atom stereocenters. The van der Waals surface area contributed by atoms with E-state index in [-0.39, 0.29) is 5.91 Å². The largest absolute Gasteiger partial charge is 0.465 e. The minimum Gasteiger partial charge on any atom is -0.465 e. The number of furan rings is 1. The van der Waals surface area contributed by atoms with Gasteiger partial charge in [-0.1, -0.05) is 24.3 Å². The molecular formula is C19H20N2O2.